The summed E-state index contributed by atoms with van der Waals surface area (Å²) in [7, 11) is 0. The van der Waals surface area contributed by atoms with Crippen LogP contribution in [0.3, 0.4) is 0 Å². The summed E-state index contributed by atoms with van der Waals surface area (Å²) < 4.78 is 5.64. The highest BCUT2D eigenvalue weighted by Crippen LogP contribution is 2.19. The van der Waals surface area contributed by atoms with Crippen molar-refractivity contribution in [3.63, 3.8) is 0 Å². The number of halogens is 1. The molecule has 1 fully saturated rings. The Morgan fingerprint density at radius 3 is 3.05 bits per heavy atom. The molecule has 2 rings (SSSR count). The lowest BCUT2D eigenvalue weighted by atomic mass is 10.1. The molecular weight excluding hydrogens is 290 g/mol. The Kier molecular flexibility index (Phi) is 5.82. The average Bonchev–Trinajstić information content (AvgIpc) is 2.47. The van der Waals surface area contributed by atoms with Gasteiger partial charge in [0.2, 0.25) is 0 Å². The van der Waals surface area contributed by atoms with Gasteiger partial charge in [-0.3, -0.25) is 4.79 Å². The molecule has 6 heteroatoms. The number of amides is 1. The minimum Gasteiger partial charge on any atom is -0.377 e. The summed E-state index contributed by atoms with van der Waals surface area (Å²) >= 11 is 6.00. The minimum atomic E-state index is -0.0112. The summed E-state index contributed by atoms with van der Waals surface area (Å²) in [6, 6.07) is 3.37. The number of carbonyl (C=O) groups excluding carboxylic acids is 1. The van der Waals surface area contributed by atoms with Crippen LogP contribution in [0.25, 0.3) is 0 Å². The number of rotatable bonds is 5. The lowest BCUT2D eigenvalue weighted by molar-refractivity contribution is 0.00724. The van der Waals surface area contributed by atoms with Crippen LogP contribution in [0.4, 0.5) is 5.82 Å². The fourth-order valence-electron chi connectivity index (χ4n) is 2.57. The van der Waals surface area contributed by atoms with Gasteiger partial charge in [0.25, 0.3) is 5.91 Å². The summed E-state index contributed by atoms with van der Waals surface area (Å²) in [5.74, 6) is 0.620. The third-order valence-electron chi connectivity index (χ3n) is 3.47. The molecule has 1 aromatic rings. The number of hydrogen-bond donors (Lipinski definition) is 1. The Bertz CT molecular complexity index is 494. The SMILES string of the molecule is CCNc1cc(C(=O)N2CCCC(OCC)C2)cc(Cl)n1. The summed E-state index contributed by atoms with van der Waals surface area (Å²) in [4.78, 5) is 18.6. The zero-order valence-corrected chi connectivity index (χ0v) is 13.3. The van der Waals surface area contributed by atoms with Gasteiger partial charge in [-0.2, -0.15) is 0 Å². The van der Waals surface area contributed by atoms with Gasteiger partial charge in [-0.15, -0.1) is 0 Å². The first-order chi connectivity index (χ1) is 10.1. The van der Waals surface area contributed by atoms with Crippen molar-refractivity contribution in [1.82, 2.24) is 9.88 Å². The maximum atomic E-state index is 12.6. The van der Waals surface area contributed by atoms with Crippen LogP contribution in [-0.4, -0.2) is 48.1 Å². The number of nitrogens with zero attached hydrogens (tertiary/aromatic N) is 2. The molecule has 0 spiro atoms. The zero-order chi connectivity index (χ0) is 15.2. The molecule has 1 aliphatic heterocycles. The number of carbonyl (C=O) groups is 1. The summed E-state index contributed by atoms with van der Waals surface area (Å²) in [6.45, 7) is 6.77. The van der Waals surface area contributed by atoms with Crippen molar-refractivity contribution in [3.8, 4) is 0 Å². The highest BCUT2D eigenvalue weighted by atomic mass is 35.5. The first-order valence-corrected chi connectivity index (χ1v) is 7.84. The van der Waals surface area contributed by atoms with Gasteiger partial charge in [0.05, 0.1) is 6.10 Å². The van der Waals surface area contributed by atoms with Crippen LogP contribution >= 0.6 is 11.6 Å². The molecule has 0 aliphatic carbocycles. The molecule has 1 atom stereocenters. The first-order valence-electron chi connectivity index (χ1n) is 7.46. The molecule has 1 unspecified atom stereocenters. The van der Waals surface area contributed by atoms with Crippen molar-refractivity contribution >= 4 is 23.3 Å². The van der Waals surface area contributed by atoms with E-state index < -0.39 is 0 Å². The van der Waals surface area contributed by atoms with Gasteiger partial charge in [0.15, 0.2) is 0 Å². The Morgan fingerprint density at radius 1 is 1.52 bits per heavy atom. The number of anilines is 1. The molecule has 116 valence electrons. The maximum Gasteiger partial charge on any atom is 0.254 e. The van der Waals surface area contributed by atoms with Crippen LogP contribution in [-0.2, 0) is 4.74 Å². The molecule has 1 aromatic heterocycles. The summed E-state index contributed by atoms with van der Waals surface area (Å²) in [5.41, 5.74) is 0.572. The van der Waals surface area contributed by atoms with Gasteiger partial charge in [0.1, 0.15) is 11.0 Å². The van der Waals surface area contributed by atoms with E-state index in [0.717, 1.165) is 25.9 Å². The third-order valence-corrected chi connectivity index (χ3v) is 3.66. The second-order valence-corrected chi connectivity index (χ2v) is 5.45. The number of hydrogen-bond acceptors (Lipinski definition) is 4. The third kappa shape index (κ3) is 4.32. The molecule has 1 saturated heterocycles. The predicted octanol–water partition coefficient (Wildman–Crippen LogP) is 2.81. The molecule has 1 amide bonds. The van der Waals surface area contributed by atoms with E-state index >= 15 is 0 Å². The lowest BCUT2D eigenvalue weighted by Crippen LogP contribution is -2.43. The highest BCUT2D eigenvalue weighted by Gasteiger charge is 2.25. The van der Waals surface area contributed by atoms with E-state index in [9.17, 15) is 4.79 Å². The second-order valence-electron chi connectivity index (χ2n) is 5.06. The zero-order valence-electron chi connectivity index (χ0n) is 12.6. The van der Waals surface area contributed by atoms with Crippen LogP contribution in [0, 0.1) is 0 Å². The molecular formula is C15H22ClN3O2. The number of pyridine rings is 1. The van der Waals surface area contributed by atoms with Crippen LogP contribution in [0.2, 0.25) is 5.15 Å². The maximum absolute atomic E-state index is 12.6. The normalized spacial score (nSPS) is 18.6. The van der Waals surface area contributed by atoms with Crippen molar-refractivity contribution in [2.45, 2.75) is 32.8 Å². The van der Waals surface area contributed by atoms with E-state index in [1.54, 1.807) is 12.1 Å². The fourth-order valence-corrected chi connectivity index (χ4v) is 2.78. The quantitative estimate of drug-likeness (QED) is 0.850. The van der Waals surface area contributed by atoms with Gasteiger partial charge in [-0.1, -0.05) is 11.6 Å². The van der Waals surface area contributed by atoms with Gasteiger partial charge < -0.3 is 15.0 Å². The van der Waals surface area contributed by atoms with Crippen LogP contribution < -0.4 is 5.32 Å². The number of aromatic nitrogens is 1. The predicted molar refractivity (Wildman–Crippen MR) is 84.0 cm³/mol. The Morgan fingerprint density at radius 2 is 2.33 bits per heavy atom. The monoisotopic (exact) mass is 311 g/mol. The van der Waals surface area contributed by atoms with Crippen LogP contribution in [0.1, 0.15) is 37.0 Å². The van der Waals surface area contributed by atoms with Gasteiger partial charge >= 0.3 is 0 Å². The average molecular weight is 312 g/mol. The van der Waals surface area contributed by atoms with E-state index in [4.69, 9.17) is 16.3 Å². The molecule has 0 radical (unpaired) electrons. The van der Waals surface area contributed by atoms with E-state index in [-0.39, 0.29) is 12.0 Å². The number of piperidine rings is 1. The molecule has 0 saturated carbocycles. The number of nitrogens with one attached hydrogen (secondary N) is 1. The molecule has 1 aliphatic rings. The topological polar surface area (TPSA) is 54.5 Å². The largest absolute Gasteiger partial charge is 0.377 e. The second kappa shape index (κ2) is 7.61. The molecule has 5 nitrogen and oxygen atoms in total. The van der Waals surface area contributed by atoms with Crippen LogP contribution in [0.5, 0.6) is 0 Å². The Labute approximate surface area is 130 Å². The molecule has 21 heavy (non-hydrogen) atoms. The summed E-state index contributed by atoms with van der Waals surface area (Å²) in [6.07, 6.45) is 2.12. The first kappa shape index (κ1) is 16.0. The smallest absolute Gasteiger partial charge is 0.254 e. The molecule has 1 N–H and O–H groups in total. The molecule has 0 bridgehead atoms. The molecule has 2 heterocycles. The van der Waals surface area contributed by atoms with Crippen molar-refractivity contribution in [2.75, 3.05) is 31.6 Å². The van der Waals surface area contributed by atoms with Crippen molar-refractivity contribution < 1.29 is 9.53 Å². The van der Waals surface area contributed by atoms with Crippen molar-refractivity contribution in [2.24, 2.45) is 0 Å². The fraction of sp³-hybridized carbons (Fsp3) is 0.600. The lowest BCUT2D eigenvalue weighted by Gasteiger charge is -2.32. The van der Waals surface area contributed by atoms with E-state index in [2.05, 4.69) is 10.3 Å². The Hall–Kier alpha value is -1.33. The summed E-state index contributed by atoms with van der Waals surface area (Å²) in [5, 5.41) is 3.41. The molecule has 0 aromatic carbocycles. The highest BCUT2D eigenvalue weighted by molar-refractivity contribution is 6.29. The minimum absolute atomic E-state index is 0.0112. The van der Waals surface area contributed by atoms with Crippen molar-refractivity contribution in [1.29, 1.82) is 0 Å². The number of ether oxygens (including phenoxy) is 1. The Balaban J connectivity index is 2.11. The van der Waals surface area contributed by atoms with Crippen molar-refractivity contribution in [3.05, 3.63) is 22.8 Å². The van der Waals surface area contributed by atoms with Gasteiger partial charge in [0, 0.05) is 31.8 Å². The standard InChI is InChI=1S/C15H22ClN3O2/c1-3-17-14-9-11(8-13(16)18-14)15(20)19-7-5-6-12(10-19)21-4-2/h8-9,12H,3-7,10H2,1-2H3,(H,17,18). The van der Waals surface area contributed by atoms with Gasteiger partial charge in [-0.05, 0) is 38.8 Å². The van der Waals surface area contributed by atoms with Crippen LogP contribution in [0.15, 0.2) is 12.1 Å². The van der Waals surface area contributed by atoms with E-state index in [0.29, 0.717) is 29.7 Å². The van der Waals surface area contributed by atoms with Gasteiger partial charge in [-0.25, -0.2) is 4.98 Å². The number of likely N-dealkylation sites (tertiary alicyclic amines) is 1. The van der Waals surface area contributed by atoms with E-state index in [1.165, 1.54) is 0 Å². The van der Waals surface area contributed by atoms with E-state index in [1.807, 2.05) is 18.7 Å².